The predicted molar refractivity (Wildman–Crippen MR) is 128 cm³/mol. The van der Waals surface area contributed by atoms with E-state index in [0.717, 1.165) is 44.1 Å². The largest absolute Gasteiger partial charge is 0.462 e. The van der Waals surface area contributed by atoms with E-state index in [-0.39, 0.29) is 12.4 Å². The van der Waals surface area contributed by atoms with E-state index in [4.69, 9.17) is 4.74 Å². The van der Waals surface area contributed by atoms with Crippen molar-refractivity contribution in [3.05, 3.63) is 12.2 Å². The van der Waals surface area contributed by atoms with Gasteiger partial charge in [0.2, 0.25) is 0 Å². The Morgan fingerprint density at radius 3 is 2.03 bits per heavy atom. The van der Waals surface area contributed by atoms with Gasteiger partial charge in [0.05, 0.1) is 6.61 Å². The topological polar surface area (TPSA) is 38.3 Å². The average molecular weight is 474 g/mol. The summed E-state index contributed by atoms with van der Waals surface area (Å²) in [6.45, 7) is 7.86. The van der Waals surface area contributed by atoms with Crippen LogP contribution in [-0.2, 0) is 9.53 Å². The molecule has 0 aromatic carbocycles. The molecule has 2 saturated carbocycles. The molecule has 0 aromatic rings. The molecule has 0 amide bonds. The Kier molecular flexibility index (Phi) is 12.9. The minimum absolute atomic E-state index is 0.275. The molecule has 2 aliphatic rings. The van der Waals surface area contributed by atoms with E-state index in [2.05, 4.69) is 18.8 Å². The summed E-state index contributed by atoms with van der Waals surface area (Å²) in [7, 11) is 0. The van der Waals surface area contributed by atoms with Gasteiger partial charge < -0.3 is 10.1 Å². The summed E-state index contributed by atoms with van der Waals surface area (Å²) >= 11 is 0. The van der Waals surface area contributed by atoms with Gasteiger partial charge >= 0.3 is 12.1 Å². The second kappa shape index (κ2) is 15.1. The Labute approximate surface area is 199 Å². The smallest absolute Gasteiger partial charge is 0.389 e. The molecule has 0 heterocycles. The first-order valence-electron chi connectivity index (χ1n) is 13.4. The molecule has 1 N–H and O–H groups in total. The first-order valence-corrected chi connectivity index (χ1v) is 13.4. The Bertz CT molecular complexity index is 562. The summed E-state index contributed by atoms with van der Waals surface area (Å²) in [6.07, 6.45) is 10.4. The van der Waals surface area contributed by atoms with Crippen LogP contribution < -0.4 is 5.32 Å². The fourth-order valence-corrected chi connectivity index (χ4v) is 5.69. The van der Waals surface area contributed by atoms with Crippen molar-refractivity contribution in [2.75, 3.05) is 19.7 Å². The van der Waals surface area contributed by atoms with Gasteiger partial charge in [-0.2, -0.15) is 13.2 Å². The lowest BCUT2D eigenvalue weighted by Crippen LogP contribution is -2.26. The zero-order chi connectivity index (χ0) is 24.1. The summed E-state index contributed by atoms with van der Waals surface area (Å²) in [5.74, 6) is 2.62. The third-order valence-corrected chi connectivity index (χ3v) is 7.87. The van der Waals surface area contributed by atoms with Gasteiger partial charge in [-0.05, 0) is 75.2 Å². The van der Waals surface area contributed by atoms with Crippen molar-refractivity contribution in [2.45, 2.75) is 109 Å². The number of hydrogen-bond donors (Lipinski definition) is 1. The van der Waals surface area contributed by atoms with Crippen molar-refractivity contribution in [2.24, 2.45) is 23.7 Å². The number of ether oxygens (including phenoxy) is 1. The molecule has 6 heteroatoms. The van der Waals surface area contributed by atoms with Crippen molar-refractivity contribution < 1.29 is 22.7 Å². The number of hydrogen-bond acceptors (Lipinski definition) is 3. The van der Waals surface area contributed by atoms with Crippen LogP contribution in [0.3, 0.4) is 0 Å². The van der Waals surface area contributed by atoms with Gasteiger partial charge in [-0.15, -0.1) is 0 Å². The third kappa shape index (κ3) is 11.8. The van der Waals surface area contributed by atoms with E-state index in [0.29, 0.717) is 37.0 Å². The number of unbranched alkanes of at least 4 members (excludes halogenated alkanes) is 2. The van der Waals surface area contributed by atoms with Crippen LogP contribution in [0.5, 0.6) is 0 Å². The summed E-state index contributed by atoms with van der Waals surface area (Å²) in [5.41, 5.74) is 0.505. The van der Waals surface area contributed by atoms with Crippen LogP contribution in [0.25, 0.3) is 0 Å². The molecule has 3 nitrogen and oxygen atoms in total. The van der Waals surface area contributed by atoms with E-state index in [1.54, 1.807) is 0 Å². The van der Waals surface area contributed by atoms with Crippen molar-refractivity contribution in [3.63, 3.8) is 0 Å². The lowest BCUT2D eigenvalue weighted by Gasteiger charge is -2.38. The van der Waals surface area contributed by atoms with E-state index < -0.39 is 12.6 Å². The summed E-state index contributed by atoms with van der Waals surface area (Å²) in [6, 6.07) is 0. The zero-order valence-corrected chi connectivity index (χ0v) is 20.7. The molecule has 0 bridgehead atoms. The fraction of sp³-hybridized carbons (Fsp3) is 0.889. The molecule has 2 aliphatic carbocycles. The molecular weight excluding hydrogens is 427 g/mol. The Morgan fingerprint density at radius 1 is 0.909 bits per heavy atom. The van der Waals surface area contributed by atoms with E-state index in [1.165, 1.54) is 51.4 Å². The molecule has 2 fully saturated rings. The normalized spacial score (nSPS) is 26.2. The highest BCUT2D eigenvalue weighted by atomic mass is 19.4. The van der Waals surface area contributed by atoms with Gasteiger partial charge in [-0.3, -0.25) is 0 Å². The number of alkyl halides is 3. The van der Waals surface area contributed by atoms with Crippen LogP contribution in [0.15, 0.2) is 12.2 Å². The summed E-state index contributed by atoms with van der Waals surface area (Å²) in [4.78, 5) is 12.0. The monoisotopic (exact) mass is 473 g/mol. The minimum atomic E-state index is -4.00. The van der Waals surface area contributed by atoms with Crippen molar-refractivity contribution in [3.8, 4) is 0 Å². The fourth-order valence-electron chi connectivity index (χ4n) is 5.69. The Morgan fingerprint density at radius 2 is 1.48 bits per heavy atom. The third-order valence-electron chi connectivity index (χ3n) is 7.87. The molecule has 192 valence electrons. The Hall–Kier alpha value is -1.04. The van der Waals surface area contributed by atoms with Gasteiger partial charge in [0.15, 0.2) is 0 Å². The summed E-state index contributed by atoms with van der Waals surface area (Å²) < 4.78 is 42.3. The molecule has 33 heavy (non-hydrogen) atoms. The van der Waals surface area contributed by atoms with E-state index in [9.17, 15) is 18.0 Å². The maximum atomic E-state index is 12.3. The minimum Gasteiger partial charge on any atom is -0.462 e. The number of carbonyl (C=O) groups excluding carboxylic acids is 1. The standard InChI is InChI=1S/C27H46F3NO2/c1-3-4-18-31-20-21(2)26(32)33-19-16-23-10-14-25(15-11-23)24-12-8-22(9-13-24)7-5-6-17-27(28,29)30/h22-25,31H,2-20H2,1H3. The predicted octanol–water partition coefficient (Wildman–Crippen LogP) is 7.60. The second-order valence-corrected chi connectivity index (χ2v) is 10.5. The molecular formula is C27H46F3NO2. The quantitative estimate of drug-likeness (QED) is 0.160. The van der Waals surface area contributed by atoms with Crippen LogP contribution in [0.1, 0.15) is 103 Å². The number of halogens is 3. The van der Waals surface area contributed by atoms with Crippen LogP contribution in [-0.4, -0.2) is 31.8 Å². The van der Waals surface area contributed by atoms with Crippen LogP contribution in [0.4, 0.5) is 13.2 Å². The van der Waals surface area contributed by atoms with Gasteiger partial charge in [0, 0.05) is 18.5 Å². The lowest BCUT2D eigenvalue weighted by molar-refractivity contribution is -0.139. The highest BCUT2D eigenvalue weighted by Crippen LogP contribution is 2.43. The van der Waals surface area contributed by atoms with Crippen molar-refractivity contribution in [1.29, 1.82) is 0 Å². The van der Waals surface area contributed by atoms with Gasteiger partial charge in [0.1, 0.15) is 0 Å². The van der Waals surface area contributed by atoms with Crippen LogP contribution >= 0.6 is 0 Å². The van der Waals surface area contributed by atoms with Gasteiger partial charge in [-0.25, -0.2) is 4.79 Å². The van der Waals surface area contributed by atoms with Crippen molar-refractivity contribution in [1.82, 2.24) is 5.32 Å². The molecule has 0 radical (unpaired) electrons. The van der Waals surface area contributed by atoms with Crippen LogP contribution in [0, 0.1) is 23.7 Å². The average Bonchev–Trinajstić information content (AvgIpc) is 2.79. The highest BCUT2D eigenvalue weighted by Gasteiger charge is 2.31. The van der Waals surface area contributed by atoms with Crippen LogP contribution in [0.2, 0.25) is 0 Å². The molecule has 0 aliphatic heterocycles. The number of esters is 1. The van der Waals surface area contributed by atoms with Crippen molar-refractivity contribution >= 4 is 5.97 Å². The lowest BCUT2D eigenvalue weighted by atomic mass is 9.68. The zero-order valence-electron chi connectivity index (χ0n) is 20.7. The second-order valence-electron chi connectivity index (χ2n) is 10.5. The van der Waals surface area contributed by atoms with Gasteiger partial charge in [-0.1, -0.05) is 58.4 Å². The maximum Gasteiger partial charge on any atom is 0.389 e. The van der Waals surface area contributed by atoms with E-state index >= 15 is 0 Å². The number of nitrogens with one attached hydrogen (secondary N) is 1. The molecule has 0 spiro atoms. The number of carbonyl (C=O) groups is 1. The van der Waals surface area contributed by atoms with E-state index in [1.807, 2.05) is 0 Å². The molecule has 0 atom stereocenters. The highest BCUT2D eigenvalue weighted by molar-refractivity contribution is 5.88. The SMILES string of the molecule is C=C(CNCCCC)C(=O)OCCC1CCC(C2CCC(CCCCC(F)(F)F)CC2)CC1. The number of rotatable bonds is 14. The summed E-state index contributed by atoms with van der Waals surface area (Å²) in [5, 5.41) is 3.22. The Balaban J connectivity index is 1.52. The maximum absolute atomic E-state index is 12.3. The van der Waals surface area contributed by atoms with Gasteiger partial charge in [0.25, 0.3) is 0 Å². The molecule has 0 saturated heterocycles. The molecule has 2 rings (SSSR count). The molecule has 0 aromatic heterocycles. The first-order chi connectivity index (χ1) is 15.8. The molecule has 0 unspecified atom stereocenters. The first kappa shape index (κ1) is 28.2.